The zero-order valence-electron chi connectivity index (χ0n) is 16.0. The molecule has 0 aliphatic heterocycles. The van der Waals surface area contributed by atoms with Gasteiger partial charge in [-0.2, -0.15) is 0 Å². The average molecular weight is 373 g/mol. The predicted octanol–water partition coefficient (Wildman–Crippen LogP) is 4.75. The lowest BCUT2D eigenvalue weighted by molar-refractivity contribution is -0.0434. The van der Waals surface area contributed by atoms with E-state index in [-0.39, 0.29) is 18.2 Å². The van der Waals surface area contributed by atoms with Crippen molar-refractivity contribution in [3.63, 3.8) is 0 Å². The van der Waals surface area contributed by atoms with Gasteiger partial charge in [-0.3, -0.25) is 0 Å². The first-order valence-corrected chi connectivity index (χ1v) is 9.29. The molecule has 142 valence electrons. The lowest BCUT2D eigenvalue weighted by Gasteiger charge is -2.33. The van der Waals surface area contributed by atoms with Gasteiger partial charge in [0.15, 0.2) is 6.23 Å². The molecule has 0 amide bonds. The van der Waals surface area contributed by atoms with Crippen molar-refractivity contribution in [2.45, 2.75) is 18.2 Å². The van der Waals surface area contributed by atoms with Crippen LogP contribution in [-0.4, -0.2) is 29.2 Å². The Morgan fingerprint density at radius 3 is 1.96 bits per heavy atom. The Kier molecular flexibility index (Phi) is 5.46. The number of methoxy groups -OCH3 is 2. The van der Waals surface area contributed by atoms with Crippen molar-refractivity contribution in [2.75, 3.05) is 14.2 Å². The first-order valence-electron chi connectivity index (χ1n) is 9.29. The van der Waals surface area contributed by atoms with Crippen LogP contribution in [0, 0.1) is 0 Å². The zero-order valence-corrected chi connectivity index (χ0v) is 16.0. The maximum absolute atomic E-state index is 6.00. The number of hydrogen-bond acceptors (Lipinski definition) is 4. The summed E-state index contributed by atoms with van der Waals surface area (Å²) in [7, 11) is 3.44. The molecule has 4 rings (SSSR count). The van der Waals surface area contributed by atoms with Gasteiger partial charge in [-0.25, -0.2) is 4.68 Å². The van der Waals surface area contributed by atoms with E-state index in [2.05, 4.69) is 34.6 Å². The molecule has 3 unspecified atom stereocenters. The summed E-state index contributed by atoms with van der Waals surface area (Å²) in [6.45, 7) is 0. The Labute approximate surface area is 164 Å². The molecular weight excluding hydrogens is 350 g/mol. The highest BCUT2D eigenvalue weighted by Gasteiger charge is 2.35. The minimum absolute atomic E-state index is 0.122. The Morgan fingerprint density at radius 2 is 1.32 bits per heavy atom. The van der Waals surface area contributed by atoms with E-state index in [9.17, 15) is 0 Å². The second-order valence-corrected chi connectivity index (χ2v) is 6.65. The average Bonchev–Trinajstić information content (AvgIpc) is 3.19. The van der Waals surface area contributed by atoms with Crippen molar-refractivity contribution in [1.29, 1.82) is 0 Å². The van der Waals surface area contributed by atoms with Gasteiger partial charge in [-0.1, -0.05) is 78.0 Å². The molecule has 4 aromatic rings. The number of para-hydroxylation sites is 1. The van der Waals surface area contributed by atoms with Crippen molar-refractivity contribution in [3.05, 3.63) is 96.1 Å². The minimum Gasteiger partial charge on any atom is -0.376 e. The summed E-state index contributed by atoms with van der Waals surface area (Å²) in [5.74, 6) is -0.122. The van der Waals surface area contributed by atoms with E-state index in [1.807, 2.05) is 65.3 Å². The quantitative estimate of drug-likeness (QED) is 0.469. The standard InChI is InChI=1S/C23H23N3O2/c1-27-22(18-13-7-4-8-14-18)21(17-11-5-3-6-12-17)23(28-2)26-20-16-10-9-15-19(20)24-25-26/h3-16,21-23H,1-2H3. The van der Waals surface area contributed by atoms with Crippen LogP contribution < -0.4 is 0 Å². The molecule has 3 aromatic carbocycles. The normalized spacial score (nSPS) is 14.6. The Hall–Kier alpha value is -3.02. The van der Waals surface area contributed by atoms with E-state index < -0.39 is 0 Å². The smallest absolute Gasteiger partial charge is 0.161 e. The number of hydrogen-bond donors (Lipinski definition) is 0. The van der Waals surface area contributed by atoms with Crippen LogP contribution in [-0.2, 0) is 9.47 Å². The van der Waals surface area contributed by atoms with Crippen LogP contribution in [0.1, 0.15) is 29.4 Å². The van der Waals surface area contributed by atoms with E-state index in [1.54, 1.807) is 14.2 Å². The number of aromatic nitrogens is 3. The summed E-state index contributed by atoms with van der Waals surface area (Å²) >= 11 is 0. The lowest BCUT2D eigenvalue weighted by atomic mass is 9.87. The van der Waals surface area contributed by atoms with Gasteiger partial charge in [-0.15, -0.1) is 5.10 Å². The maximum Gasteiger partial charge on any atom is 0.161 e. The Balaban J connectivity index is 1.86. The summed E-state index contributed by atoms with van der Waals surface area (Å²) in [6.07, 6.45) is -0.600. The van der Waals surface area contributed by atoms with Crippen LogP contribution in [0.25, 0.3) is 11.0 Å². The summed E-state index contributed by atoms with van der Waals surface area (Å²) < 4.78 is 13.9. The summed E-state index contributed by atoms with van der Waals surface area (Å²) in [5.41, 5.74) is 3.97. The Bertz CT molecular complexity index is 1020. The Morgan fingerprint density at radius 1 is 0.714 bits per heavy atom. The second-order valence-electron chi connectivity index (χ2n) is 6.65. The van der Waals surface area contributed by atoms with Crippen LogP contribution >= 0.6 is 0 Å². The zero-order chi connectivity index (χ0) is 19.3. The molecule has 0 saturated carbocycles. The van der Waals surface area contributed by atoms with E-state index in [0.717, 1.165) is 22.2 Å². The minimum atomic E-state index is -0.389. The third kappa shape index (κ3) is 3.42. The molecule has 5 nitrogen and oxygen atoms in total. The van der Waals surface area contributed by atoms with Gasteiger partial charge in [0.1, 0.15) is 5.52 Å². The molecule has 3 atom stereocenters. The second kappa shape index (κ2) is 8.33. The van der Waals surface area contributed by atoms with Gasteiger partial charge >= 0.3 is 0 Å². The molecule has 0 N–H and O–H groups in total. The van der Waals surface area contributed by atoms with Crippen molar-refractivity contribution in [3.8, 4) is 0 Å². The lowest BCUT2D eigenvalue weighted by Crippen LogP contribution is -2.27. The van der Waals surface area contributed by atoms with Gasteiger partial charge in [0.2, 0.25) is 0 Å². The molecule has 0 saturated heterocycles. The van der Waals surface area contributed by atoms with Crippen LogP contribution in [0.2, 0.25) is 0 Å². The molecule has 0 radical (unpaired) electrons. The fraction of sp³-hybridized carbons (Fsp3) is 0.217. The number of benzene rings is 3. The van der Waals surface area contributed by atoms with Crippen molar-refractivity contribution in [1.82, 2.24) is 15.0 Å². The van der Waals surface area contributed by atoms with Gasteiger partial charge in [-0.05, 0) is 23.3 Å². The summed E-state index contributed by atoms with van der Waals surface area (Å²) in [6, 6.07) is 28.4. The van der Waals surface area contributed by atoms with Crippen LogP contribution in [0.3, 0.4) is 0 Å². The highest BCUT2D eigenvalue weighted by Crippen LogP contribution is 2.42. The third-order valence-corrected chi connectivity index (χ3v) is 5.06. The molecule has 5 heteroatoms. The van der Waals surface area contributed by atoms with Gasteiger partial charge < -0.3 is 9.47 Å². The van der Waals surface area contributed by atoms with Gasteiger partial charge in [0.25, 0.3) is 0 Å². The SMILES string of the molecule is COC(c1ccccc1)C(c1ccccc1)C(OC)n1nnc2ccccc21. The molecule has 1 heterocycles. The van der Waals surface area contributed by atoms with E-state index >= 15 is 0 Å². The molecule has 0 bridgehead atoms. The molecule has 0 spiro atoms. The molecule has 0 aliphatic rings. The number of nitrogens with zero attached hydrogens (tertiary/aromatic N) is 3. The molecule has 1 aromatic heterocycles. The van der Waals surface area contributed by atoms with E-state index in [1.165, 1.54) is 0 Å². The highest BCUT2D eigenvalue weighted by molar-refractivity contribution is 5.74. The van der Waals surface area contributed by atoms with E-state index in [4.69, 9.17) is 9.47 Å². The van der Waals surface area contributed by atoms with Crippen molar-refractivity contribution in [2.24, 2.45) is 0 Å². The third-order valence-electron chi connectivity index (χ3n) is 5.06. The summed E-state index contributed by atoms with van der Waals surface area (Å²) in [4.78, 5) is 0. The van der Waals surface area contributed by atoms with Crippen molar-refractivity contribution >= 4 is 11.0 Å². The molecule has 0 aliphatic carbocycles. The van der Waals surface area contributed by atoms with Gasteiger partial charge in [0.05, 0.1) is 17.5 Å². The number of fused-ring (bicyclic) bond motifs is 1. The van der Waals surface area contributed by atoms with E-state index in [0.29, 0.717) is 0 Å². The first kappa shape index (κ1) is 18.3. The monoisotopic (exact) mass is 373 g/mol. The fourth-order valence-corrected chi connectivity index (χ4v) is 3.77. The topological polar surface area (TPSA) is 49.2 Å². The fourth-order valence-electron chi connectivity index (χ4n) is 3.77. The first-order chi connectivity index (χ1) is 13.8. The molecule has 0 fully saturated rings. The summed E-state index contributed by atoms with van der Waals surface area (Å²) in [5, 5.41) is 8.72. The molecule has 28 heavy (non-hydrogen) atoms. The molecular formula is C23H23N3O2. The van der Waals surface area contributed by atoms with Crippen LogP contribution in [0.15, 0.2) is 84.9 Å². The van der Waals surface area contributed by atoms with Gasteiger partial charge in [0, 0.05) is 14.2 Å². The highest BCUT2D eigenvalue weighted by atomic mass is 16.5. The number of ether oxygens (including phenoxy) is 2. The van der Waals surface area contributed by atoms with Crippen molar-refractivity contribution < 1.29 is 9.47 Å². The van der Waals surface area contributed by atoms with Crippen LogP contribution in [0.5, 0.6) is 0 Å². The number of rotatable bonds is 7. The largest absolute Gasteiger partial charge is 0.376 e. The maximum atomic E-state index is 6.00. The van der Waals surface area contributed by atoms with Crippen LogP contribution in [0.4, 0.5) is 0 Å². The predicted molar refractivity (Wildman–Crippen MR) is 109 cm³/mol.